The van der Waals surface area contributed by atoms with E-state index in [-0.39, 0.29) is 5.82 Å². The molecule has 1 aliphatic carbocycles. The lowest BCUT2D eigenvalue weighted by atomic mass is 9.77. The second kappa shape index (κ2) is 5.37. The van der Waals surface area contributed by atoms with Gasteiger partial charge in [0.15, 0.2) is 5.82 Å². The summed E-state index contributed by atoms with van der Waals surface area (Å²) in [4.78, 5) is 2.13. The lowest BCUT2D eigenvalue weighted by molar-refractivity contribution is 0.226. The highest BCUT2D eigenvalue weighted by molar-refractivity contribution is 9.10. The van der Waals surface area contributed by atoms with Crippen LogP contribution in [0.2, 0.25) is 0 Å². The molecule has 0 bridgehead atoms. The second-order valence-corrected chi connectivity index (χ2v) is 6.86. The van der Waals surface area contributed by atoms with E-state index in [1.165, 1.54) is 38.5 Å². The van der Waals surface area contributed by atoms with E-state index in [0.29, 0.717) is 21.1 Å². The van der Waals surface area contributed by atoms with Crippen LogP contribution in [0.15, 0.2) is 16.6 Å². The molecule has 20 heavy (non-hydrogen) atoms. The van der Waals surface area contributed by atoms with Gasteiger partial charge in [-0.3, -0.25) is 0 Å². The first kappa shape index (κ1) is 13.9. The molecule has 1 spiro atoms. The minimum atomic E-state index is -0.300. The monoisotopic (exact) mass is 336 g/mol. The number of nitrogens with zero attached hydrogens (tertiary/aromatic N) is 2. The van der Waals surface area contributed by atoms with Crippen molar-refractivity contribution in [2.24, 2.45) is 5.41 Å². The Morgan fingerprint density at radius 1 is 1.15 bits per heavy atom. The van der Waals surface area contributed by atoms with Gasteiger partial charge in [-0.1, -0.05) is 12.8 Å². The molecule has 2 aliphatic rings. The van der Waals surface area contributed by atoms with Gasteiger partial charge in [-0.25, -0.2) is 4.39 Å². The molecule has 2 fully saturated rings. The number of rotatable bonds is 1. The zero-order chi connectivity index (χ0) is 14.2. The fraction of sp³-hybridized carbons (Fsp3) is 0.562. The summed E-state index contributed by atoms with van der Waals surface area (Å²) >= 11 is 3.19. The van der Waals surface area contributed by atoms with Crippen molar-refractivity contribution in [3.8, 4) is 6.07 Å². The van der Waals surface area contributed by atoms with Crippen molar-refractivity contribution in [2.45, 2.75) is 38.5 Å². The topological polar surface area (TPSA) is 27.0 Å². The summed E-state index contributed by atoms with van der Waals surface area (Å²) in [6.45, 7) is 1.85. The van der Waals surface area contributed by atoms with Gasteiger partial charge >= 0.3 is 0 Å². The smallest absolute Gasteiger partial charge is 0.161 e. The van der Waals surface area contributed by atoms with E-state index in [1.54, 1.807) is 12.1 Å². The summed E-state index contributed by atoms with van der Waals surface area (Å²) in [5, 5.41) is 8.92. The Morgan fingerprint density at radius 2 is 1.80 bits per heavy atom. The molecule has 0 unspecified atom stereocenters. The van der Waals surface area contributed by atoms with Crippen molar-refractivity contribution in [1.82, 2.24) is 0 Å². The zero-order valence-corrected chi connectivity index (χ0v) is 13.0. The van der Waals surface area contributed by atoms with Gasteiger partial charge in [-0.2, -0.15) is 5.26 Å². The van der Waals surface area contributed by atoms with E-state index >= 15 is 0 Å². The predicted molar refractivity (Wildman–Crippen MR) is 81.2 cm³/mol. The maximum absolute atomic E-state index is 14.4. The number of halogens is 2. The third-order valence-corrected chi connectivity index (χ3v) is 5.79. The van der Waals surface area contributed by atoms with Gasteiger partial charge in [-0.15, -0.1) is 0 Å². The normalized spacial score (nSPS) is 21.1. The molecule has 106 valence electrons. The van der Waals surface area contributed by atoms with E-state index in [9.17, 15) is 4.39 Å². The molecular formula is C16H18BrFN2. The molecule has 0 aromatic heterocycles. The third kappa shape index (κ3) is 2.33. The second-order valence-electron chi connectivity index (χ2n) is 6.07. The molecule has 0 N–H and O–H groups in total. The van der Waals surface area contributed by atoms with Crippen LogP contribution in [-0.4, -0.2) is 13.1 Å². The molecule has 1 aliphatic heterocycles. The average Bonchev–Trinajstić information content (AvgIpc) is 2.92. The van der Waals surface area contributed by atoms with Gasteiger partial charge in [0.2, 0.25) is 0 Å². The van der Waals surface area contributed by atoms with Gasteiger partial charge in [-0.05, 0) is 59.2 Å². The fourth-order valence-electron chi connectivity index (χ4n) is 3.72. The Kier molecular flexibility index (Phi) is 3.72. The first-order valence-corrected chi connectivity index (χ1v) is 8.08. The van der Waals surface area contributed by atoms with Crippen LogP contribution in [0.4, 0.5) is 10.1 Å². The minimum Gasteiger partial charge on any atom is -0.369 e. The maximum Gasteiger partial charge on any atom is 0.161 e. The SMILES string of the molecule is N#Cc1ccc(N2CCC3(CCCC3)CC2)c(F)c1Br. The van der Waals surface area contributed by atoms with Gasteiger partial charge < -0.3 is 4.90 Å². The molecule has 3 rings (SSSR count). The molecule has 1 aromatic carbocycles. The molecule has 1 saturated carbocycles. The Hall–Kier alpha value is -1.08. The van der Waals surface area contributed by atoms with Crippen LogP contribution in [0, 0.1) is 22.6 Å². The number of piperidine rings is 1. The summed E-state index contributed by atoms with van der Waals surface area (Å²) in [6, 6.07) is 5.44. The first-order valence-electron chi connectivity index (χ1n) is 7.28. The third-order valence-electron chi connectivity index (χ3n) is 5.01. The summed E-state index contributed by atoms with van der Waals surface area (Å²) in [5.41, 5.74) is 1.52. The molecule has 4 heteroatoms. The van der Waals surface area contributed by atoms with Gasteiger partial charge in [0.25, 0.3) is 0 Å². The van der Waals surface area contributed by atoms with Crippen molar-refractivity contribution in [3.63, 3.8) is 0 Å². The van der Waals surface area contributed by atoms with Gasteiger partial charge in [0.05, 0.1) is 15.7 Å². The summed E-state index contributed by atoms with van der Waals surface area (Å²) in [7, 11) is 0. The van der Waals surface area contributed by atoms with Crippen molar-refractivity contribution in [1.29, 1.82) is 5.26 Å². The van der Waals surface area contributed by atoms with Crippen LogP contribution in [0.1, 0.15) is 44.1 Å². The number of anilines is 1. The number of nitriles is 1. The fourth-order valence-corrected chi connectivity index (χ4v) is 4.14. The molecule has 0 atom stereocenters. The largest absolute Gasteiger partial charge is 0.369 e. The van der Waals surface area contributed by atoms with Crippen LogP contribution >= 0.6 is 15.9 Å². The minimum absolute atomic E-state index is 0.290. The van der Waals surface area contributed by atoms with Gasteiger partial charge in [0.1, 0.15) is 6.07 Å². The lowest BCUT2D eigenvalue weighted by Crippen LogP contribution is -2.39. The summed E-state index contributed by atoms with van der Waals surface area (Å²) in [6.07, 6.45) is 7.75. The average molecular weight is 337 g/mol. The van der Waals surface area contributed by atoms with E-state index < -0.39 is 0 Å². The lowest BCUT2D eigenvalue weighted by Gasteiger charge is -2.40. The Morgan fingerprint density at radius 3 is 2.40 bits per heavy atom. The van der Waals surface area contributed by atoms with Crippen molar-refractivity contribution in [2.75, 3.05) is 18.0 Å². The predicted octanol–water partition coefficient (Wildman–Crippen LogP) is 4.62. The Balaban J connectivity index is 1.78. The Labute approximate surface area is 127 Å². The number of hydrogen-bond acceptors (Lipinski definition) is 2. The maximum atomic E-state index is 14.4. The molecular weight excluding hydrogens is 319 g/mol. The molecule has 1 aromatic rings. The Bertz CT molecular complexity index is 548. The van der Waals surface area contributed by atoms with Crippen LogP contribution in [0.25, 0.3) is 0 Å². The molecule has 0 amide bonds. The molecule has 2 nitrogen and oxygen atoms in total. The van der Waals surface area contributed by atoms with Crippen molar-refractivity contribution in [3.05, 3.63) is 28.0 Å². The van der Waals surface area contributed by atoms with Crippen LogP contribution in [0.3, 0.4) is 0 Å². The highest BCUT2D eigenvalue weighted by Gasteiger charge is 2.37. The highest BCUT2D eigenvalue weighted by Crippen LogP contribution is 2.47. The van der Waals surface area contributed by atoms with E-state index in [0.717, 1.165) is 13.1 Å². The quantitative estimate of drug-likeness (QED) is 0.748. The molecule has 1 heterocycles. The van der Waals surface area contributed by atoms with Crippen LogP contribution in [-0.2, 0) is 0 Å². The molecule has 1 saturated heterocycles. The van der Waals surface area contributed by atoms with Crippen LogP contribution < -0.4 is 4.90 Å². The zero-order valence-electron chi connectivity index (χ0n) is 11.5. The summed E-state index contributed by atoms with van der Waals surface area (Å²) < 4.78 is 14.7. The van der Waals surface area contributed by atoms with E-state index in [1.807, 2.05) is 6.07 Å². The first-order chi connectivity index (χ1) is 9.65. The van der Waals surface area contributed by atoms with Gasteiger partial charge in [0, 0.05) is 13.1 Å². The summed E-state index contributed by atoms with van der Waals surface area (Å²) in [5.74, 6) is -0.300. The highest BCUT2D eigenvalue weighted by atomic mass is 79.9. The molecule has 0 radical (unpaired) electrons. The van der Waals surface area contributed by atoms with Crippen molar-refractivity contribution < 1.29 is 4.39 Å². The van der Waals surface area contributed by atoms with Crippen molar-refractivity contribution >= 4 is 21.6 Å². The van der Waals surface area contributed by atoms with E-state index in [2.05, 4.69) is 20.8 Å². The van der Waals surface area contributed by atoms with E-state index in [4.69, 9.17) is 5.26 Å². The number of hydrogen-bond donors (Lipinski definition) is 0. The number of benzene rings is 1. The standard InChI is InChI=1S/C16H18BrFN2/c17-14-12(11-19)3-4-13(15(14)18)20-9-7-16(8-10-20)5-1-2-6-16/h3-4H,1-2,5-10H2. The van der Waals surface area contributed by atoms with Crippen LogP contribution in [0.5, 0.6) is 0 Å².